The van der Waals surface area contributed by atoms with Crippen LogP contribution in [0.15, 0.2) is 72.8 Å². The Labute approximate surface area is 189 Å². The van der Waals surface area contributed by atoms with Crippen molar-refractivity contribution in [3.63, 3.8) is 0 Å². The second-order valence-corrected chi connectivity index (χ2v) is 7.85. The molecule has 0 bridgehead atoms. The molecular formula is C26H28N2O4. The van der Waals surface area contributed by atoms with Gasteiger partial charge in [0, 0.05) is 39.3 Å². The smallest absolute Gasteiger partial charge is 0.253 e. The van der Waals surface area contributed by atoms with Gasteiger partial charge < -0.3 is 19.3 Å². The first kappa shape index (κ1) is 22.9. The zero-order valence-corrected chi connectivity index (χ0v) is 18.9. The normalized spacial score (nSPS) is 10.4. The van der Waals surface area contributed by atoms with Gasteiger partial charge in [-0.15, -0.1) is 0 Å². The number of amides is 2. The number of hydrogen-bond acceptors (Lipinski definition) is 4. The predicted octanol–water partition coefficient (Wildman–Crippen LogP) is 4.25. The lowest BCUT2D eigenvalue weighted by Gasteiger charge is -2.13. The van der Waals surface area contributed by atoms with Crippen LogP contribution in [0.2, 0.25) is 0 Å². The van der Waals surface area contributed by atoms with Crippen LogP contribution in [-0.2, 0) is 13.2 Å². The summed E-state index contributed by atoms with van der Waals surface area (Å²) in [6.45, 7) is 0.797. The molecule has 0 aliphatic rings. The molecule has 32 heavy (non-hydrogen) atoms. The second-order valence-electron chi connectivity index (χ2n) is 7.85. The van der Waals surface area contributed by atoms with Gasteiger partial charge in [0.2, 0.25) is 0 Å². The van der Waals surface area contributed by atoms with Crippen LogP contribution in [0.1, 0.15) is 31.8 Å². The van der Waals surface area contributed by atoms with Crippen LogP contribution in [-0.4, -0.2) is 49.8 Å². The van der Waals surface area contributed by atoms with E-state index in [-0.39, 0.29) is 11.8 Å². The van der Waals surface area contributed by atoms with E-state index in [4.69, 9.17) is 9.47 Å². The summed E-state index contributed by atoms with van der Waals surface area (Å²) in [4.78, 5) is 27.3. The Hall–Kier alpha value is -3.80. The van der Waals surface area contributed by atoms with Gasteiger partial charge in [-0.05, 0) is 47.5 Å². The zero-order chi connectivity index (χ0) is 23.1. The second kappa shape index (κ2) is 10.5. The molecule has 6 nitrogen and oxygen atoms in total. The molecule has 0 N–H and O–H groups in total. The van der Waals surface area contributed by atoms with Crippen LogP contribution in [0.5, 0.6) is 11.5 Å². The number of carbonyl (C=O) groups excluding carboxylic acids is 2. The molecule has 0 aromatic heterocycles. The average Bonchev–Trinajstić information content (AvgIpc) is 2.81. The van der Waals surface area contributed by atoms with Gasteiger partial charge in [-0.3, -0.25) is 9.59 Å². The third-order valence-corrected chi connectivity index (χ3v) is 4.81. The zero-order valence-electron chi connectivity index (χ0n) is 18.9. The Kier molecular flexibility index (Phi) is 7.49. The van der Waals surface area contributed by atoms with Crippen LogP contribution in [0.25, 0.3) is 0 Å². The summed E-state index contributed by atoms with van der Waals surface area (Å²) >= 11 is 0. The highest BCUT2D eigenvalue weighted by Gasteiger charge is 2.10. The fourth-order valence-corrected chi connectivity index (χ4v) is 3.02. The van der Waals surface area contributed by atoms with Crippen molar-refractivity contribution in [2.45, 2.75) is 13.2 Å². The van der Waals surface area contributed by atoms with Crippen molar-refractivity contribution >= 4 is 11.8 Å². The highest BCUT2D eigenvalue weighted by atomic mass is 16.5. The van der Waals surface area contributed by atoms with E-state index in [1.165, 1.54) is 9.80 Å². The maximum absolute atomic E-state index is 12.1. The molecule has 3 aromatic carbocycles. The van der Waals surface area contributed by atoms with Crippen LogP contribution in [0, 0.1) is 0 Å². The first-order valence-electron chi connectivity index (χ1n) is 10.3. The number of rotatable bonds is 8. The average molecular weight is 433 g/mol. The summed E-state index contributed by atoms with van der Waals surface area (Å²) in [5.41, 5.74) is 3.21. The third-order valence-electron chi connectivity index (χ3n) is 4.81. The number of ether oxygens (including phenoxy) is 2. The number of nitrogens with zero attached hydrogens (tertiary/aromatic N) is 2. The molecule has 6 heteroatoms. The Balaban J connectivity index is 1.55. The summed E-state index contributed by atoms with van der Waals surface area (Å²) in [6.07, 6.45) is 0. The van der Waals surface area contributed by atoms with E-state index in [1.807, 2.05) is 48.5 Å². The highest BCUT2D eigenvalue weighted by molar-refractivity contribution is 5.94. The molecule has 0 saturated carbocycles. The molecule has 0 heterocycles. The van der Waals surface area contributed by atoms with Gasteiger partial charge in [-0.25, -0.2) is 0 Å². The molecule has 3 aromatic rings. The van der Waals surface area contributed by atoms with Crippen molar-refractivity contribution in [2.24, 2.45) is 0 Å². The Morgan fingerprint density at radius 3 is 1.34 bits per heavy atom. The predicted molar refractivity (Wildman–Crippen MR) is 124 cm³/mol. The van der Waals surface area contributed by atoms with Crippen molar-refractivity contribution in [1.82, 2.24) is 9.80 Å². The van der Waals surface area contributed by atoms with E-state index >= 15 is 0 Å². The molecule has 0 unspecified atom stereocenters. The molecule has 0 saturated heterocycles. The lowest BCUT2D eigenvalue weighted by molar-refractivity contribution is 0.0820. The monoisotopic (exact) mass is 432 g/mol. The molecule has 2 amide bonds. The molecule has 0 aliphatic heterocycles. The van der Waals surface area contributed by atoms with Crippen LogP contribution in [0.4, 0.5) is 0 Å². The highest BCUT2D eigenvalue weighted by Crippen LogP contribution is 2.18. The Bertz CT molecular complexity index is 989. The summed E-state index contributed by atoms with van der Waals surface area (Å²) in [6, 6.07) is 22.3. The largest absolute Gasteiger partial charge is 0.489 e. The lowest BCUT2D eigenvalue weighted by Crippen LogP contribution is -2.21. The maximum Gasteiger partial charge on any atom is 0.253 e. The minimum atomic E-state index is -0.0589. The van der Waals surface area contributed by atoms with Gasteiger partial charge in [0.05, 0.1) is 0 Å². The quantitative estimate of drug-likeness (QED) is 0.534. The molecule has 0 radical (unpaired) electrons. The van der Waals surface area contributed by atoms with E-state index in [2.05, 4.69) is 0 Å². The molecule has 166 valence electrons. The van der Waals surface area contributed by atoms with Crippen molar-refractivity contribution in [2.75, 3.05) is 28.2 Å². The topological polar surface area (TPSA) is 59.1 Å². The SMILES string of the molecule is CN(C)C(=O)c1cccc(OCc2ccc(COc3cccc(C(=O)N(C)C)c3)cc2)c1. The number of carbonyl (C=O) groups is 2. The lowest BCUT2D eigenvalue weighted by atomic mass is 10.1. The Morgan fingerprint density at radius 1 is 0.625 bits per heavy atom. The van der Waals surface area contributed by atoms with Gasteiger partial charge in [-0.2, -0.15) is 0 Å². The molecule has 0 spiro atoms. The fourth-order valence-electron chi connectivity index (χ4n) is 3.02. The van der Waals surface area contributed by atoms with Gasteiger partial charge in [0.25, 0.3) is 11.8 Å². The van der Waals surface area contributed by atoms with Crippen molar-refractivity contribution in [1.29, 1.82) is 0 Å². The van der Waals surface area contributed by atoms with Crippen molar-refractivity contribution < 1.29 is 19.1 Å². The van der Waals surface area contributed by atoms with Crippen molar-refractivity contribution in [3.8, 4) is 11.5 Å². The van der Waals surface area contributed by atoms with Crippen LogP contribution < -0.4 is 9.47 Å². The minimum Gasteiger partial charge on any atom is -0.489 e. The molecular weight excluding hydrogens is 404 g/mol. The summed E-state index contributed by atoms with van der Waals surface area (Å²) < 4.78 is 11.7. The standard InChI is InChI=1S/C26H28N2O4/c1-27(2)25(29)21-7-5-9-23(15-21)31-17-19-11-13-20(14-12-19)18-32-24-10-6-8-22(16-24)26(30)28(3)4/h5-16H,17-18H2,1-4H3. The van der Waals surface area contributed by atoms with Crippen LogP contribution in [0.3, 0.4) is 0 Å². The van der Waals surface area contributed by atoms with Gasteiger partial charge in [0.15, 0.2) is 0 Å². The molecule has 0 aliphatic carbocycles. The third kappa shape index (κ3) is 6.11. The van der Waals surface area contributed by atoms with E-state index in [9.17, 15) is 9.59 Å². The molecule has 3 rings (SSSR count). The van der Waals surface area contributed by atoms with Gasteiger partial charge in [0.1, 0.15) is 24.7 Å². The number of hydrogen-bond donors (Lipinski definition) is 0. The first-order chi connectivity index (χ1) is 15.3. The van der Waals surface area contributed by atoms with Gasteiger partial charge >= 0.3 is 0 Å². The summed E-state index contributed by atoms with van der Waals surface area (Å²) in [5, 5.41) is 0. The van der Waals surface area contributed by atoms with E-state index in [1.54, 1.807) is 52.5 Å². The van der Waals surface area contributed by atoms with E-state index < -0.39 is 0 Å². The van der Waals surface area contributed by atoms with Crippen molar-refractivity contribution in [3.05, 3.63) is 95.1 Å². The molecule has 0 fully saturated rings. The summed E-state index contributed by atoms with van der Waals surface area (Å²) in [5.74, 6) is 1.18. The maximum atomic E-state index is 12.1. The molecule has 0 atom stereocenters. The fraction of sp³-hybridized carbons (Fsp3) is 0.231. The Morgan fingerprint density at radius 2 is 1.00 bits per heavy atom. The minimum absolute atomic E-state index is 0.0589. The van der Waals surface area contributed by atoms with E-state index in [0.717, 1.165) is 11.1 Å². The van der Waals surface area contributed by atoms with E-state index in [0.29, 0.717) is 35.8 Å². The van der Waals surface area contributed by atoms with Gasteiger partial charge in [-0.1, -0.05) is 36.4 Å². The number of benzene rings is 3. The van der Waals surface area contributed by atoms with Crippen LogP contribution >= 0.6 is 0 Å². The summed E-state index contributed by atoms with van der Waals surface area (Å²) in [7, 11) is 6.89. The first-order valence-corrected chi connectivity index (χ1v) is 10.3.